The number of amides is 1. The van der Waals surface area contributed by atoms with Gasteiger partial charge in [-0.15, -0.1) is 0 Å². The zero-order valence-electron chi connectivity index (χ0n) is 21.3. The van der Waals surface area contributed by atoms with Gasteiger partial charge in [-0.2, -0.15) is 0 Å². The summed E-state index contributed by atoms with van der Waals surface area (Å²) in [5.74, 6) is -0.275. The summed E-state index contributed by atoms with van der Waals surface area (Å²) in [5.41, 5.74) is 0.802. The molecule has 38 heavy (non-hydrogen) atoms. The number of nitrogens with zero attached hydrogens (tertiary/aromatic N) is 3. The number of hydrogen-bond acceptors (Lipinski definition) is 7. The van der Waals surface area contributed by atoms with E-state index in [-0.39, 0.29) is 22.4 Å². The summed E-state index contributed by atoms with van der Waals surface area (Å²) in [5, 5.41) is 6.18. The highest BCUT2D eigenvalue weighted by Gasteiger charge is 2.28. The van der Waals surface area contributed by atoms with Crippen LogP contribution in [0, 0.1) is 5.82 Å². The fourth-order valence-corrected chi connectivity index (χ4v) is 5.49. The van der Waals surface area contributed by atoms with Crippen molar-refractivity contribution in [1.82, 2.24) is 19.7 Å². The van der Waals surface area contributed by atoms with Crippen molar-refractivity contribution in [3.8, 4) is 17.2 Å². The molecule has 0 unspecified atom stereocenters. The number of hydrogen-bond donors (Lipinski definition) is 2. The van der Waals surface area contributed by atoms with E-state index in [9.17, 15) is 9.59 Å². The molecule has 1 aromatic heterocycles. The summed E-state index contributed by atoms with van der Waals surface area (Å²) < 4.78 is 28.8. The van der Waals surface area contributed by atoms with E-state index in [1.54, 1.807) is 16.8 Å². The van der Waals surface area contributed by atoms with Crippen LogP contribution in [0.1, 0.15) is 23.2 Å². The molecule has 3 aliphatic heterocycles. The Morgan fingerprint density at radius 1 is 1.00 bits per heavy atom. The maximum atomic E-state index is 15.5. The molecule has 1 amide bonds. The highest BCUT2D eigenvalue weighted by atomic mass is 19.1. The standard InChI is InChI=1S/C28H32FN5O4/c29-21-17-19-25-27(24(21)30-7-11-32-9-3-4-10-32)38-23-6-2-1-5-22(23)34(25)18-20(26(19)35)28(36)31-8-12-33-13-15-37-16-14-33/h1-2,5-6,17-18,30H,3-4,7-16H2,(H,31,36). The van der Waals surface area contributed by atoms with Crippen molar-refractivity contribution < 1.29 is 18.7 Å². The van der Waals surface area contributed by atoms with Gasteiger partial charge in [0.05, 0.1) is 24.3 Å². The average molecular weight is 522 g/mol. The van der Waals surface area contributed by atoms with E-state index in [1.807, 2.05) is 18.2 Å². The van der Waals surface area contributed by atoms with Crippen molar-refractivity contribution in [3.63, 3.8) is 0 Å². The summed E-state index contributed by atoms with van der Waals surface area (Å²) in [6, 6.07) is 8.56. The van der Waals surface area contributed by atoms with Crippen LogP contribution in [0.3, 0.4) is 0 Å². The molecule has 0 atom stereocenters. The number of benzene rings is 2. The fraction of sp³-hybridized carbons (Fsp3) is 0.429. The summed E-state index contributed by atoms with van der Waals surface area (Å²) in [6.07, 6.45) is 3.92. The topological polar surface area (TPSA) is 88.1 Å². The van der Waals surface area contributed by atoms with E-state index in [0.29, 0.717) is 49.8 Å². The SMILES string of the molecule is O=C(NCCN1CCOCC1)c1cn2c3c(c(NCCN4CCCC4)c(F)cc3c1=O)Oc1ccccc1-2. The summed E-state index contributed by atoms with van der Waals surface area (Å²) >= 11 is 0. The number of para-hydroxylation sites is 2. The predicted octanol–water partition coefficient (Wildman–Crippen LogP) is 2.81. The molecule has 9 nitrogen and oxygen atoms in total. The van der Waals surface area contributed by atoms with Crippen LogP contribution in [0.4, 0.5) is 10.1 Å². The number of fused-ring (bicyclic) bond motifs is 2. The van der Waals surface area contributed by atoms with Crippen LogP contribution in [0.15, 0.2) is 41.3 Å². The van der Waals surface area contributed by atoms with Gasteiger partial charge in [-0.3, -0.25) is 14.5 Å². The molecule has 2 aromatic carbocycles. The van der Waals surface area contributed by atoms with Crippen LogP contribution in [0.5, 0.6) is 11.5 Å². The number of rotatable bonds is 8. The molecule has 0 aliphatic carbocycles. The first-order valence-corrected chi connectivity index (χ1v) is 13.3. The Bertz CT molecular complexity index is 1410. The zero-order valence-corrected chi connectivity index (χ0v) is 21.3. The lowest BCUT2D eigenvalue weighted by Gasteiger charge is -2.27. The van der Waals surface area contributed by atoms with Crippen LogP contribution in [-0.2, 0) is 4.74 Å². The molecule has 0 bridgehead atoms. The molecule has 2 fully saturated rings. The molecule has 10 heteroatoms. The van der Waals surface area contributed by atoms with Gasteiger partial charge < -0.3 is 29.6 Å². The van der Waals surface area contributed by atoms with Gasteiger partial charge >= 0.3 is 0 Å². The first-order valence-electron chi connectivity index (χ1n) is 13.3. The molecule has 0 saturated carbocycles. The maximum Gasteiger partial charge on any atom is 0.256 e. The summed E-state index contributed by atoms with van der Waals surface area (Å²) in [6.45, 7) is 7.48. The van der Waals surface area contributed by atoms with Crippen molar-refractivity contribution in [2.24, 2.45) is 0 Å². The second-order valence-corrected chi connectivity index (χ2v) is 9.96. The molecule has 2 saturated heterocycles. The molecular weight excluding hydrogens is 489 g/mol. The van der Waals surface area contributed by atoms with Crippen LogP contribution in [0.25, 0.3) is 16.6 Å². The minimum atomic E-state index is -0.582. The van der Waals surface area contributed by atoms with E-state index in [0.717, 1.165) is 32.7 Å². The molecule has 4 heterocycles. The normalized spacial score (nSPS) is 17.3. The quantitative estimate of drug-likeness (QED) is 0.369. The Morgan fingerprint density at radius 3 is 2.55 bits per heavy atom. The van der Waals surface area contributed by atoms with Gasteiger partial charge in [0.25, 0.3) is 5.91 Å². The number of nitrogens with one attached hydrogen (secondary N) is 2. The Hall–Kier alpha value is -3.47. The minimum absolute atomic E-state index is 0.0312. The van der Waals surface area contributed by atoms with Crippen molar-refractivity contribution >= 4 is 22.5 Å². The van der Waals surface area contributed by atoms with Crippen LogP contribution < -0.4 is 20.8 Å². The predicted molar refractivity (Wildman–Crippen MR) is 143 cm³/mol. The number of pyridine rings is 1. The number of halogens is 1. The van der Waals surface area contributed by atoms with Crippen molar-refractivity contribution in [1.29, 1.82) is 0 Å². The lowest BCUT2D eigenvalue weighted by atomic mass is 10.1. The third kappa shape index (κ3) is 4.75. The third-order valence-electron chi connectivity index (χ3n) is 7.52. The largest absolute Gasteiger partial charge is 0.451 e. The number of carbonyl (C=O) groups excluding carboxylic acids is 1. The van der Waals surface area contributed by atoms with E-state index in [4.69, 9.17) is 9.47 Å². The van der Waals surface area contributed by atoms with Crippen LogP contribution in [-0.4, -0.2) is 85.8 Å². The van der Waals surface area contributed by atoms with E-state index >= 15 is 4.39 Å². The smallest absolute Gasteiger partial charge is 0.256 e. The van der Waals surface area contributed by atoms with Gasteiger partial charge in [-0.1, -0.05) is 12.1 Å². The monoisotopic (exact) mass is 521 g/mol. The van der Waals surface area contributed by atoms with Gasteiger partial charge in [-0.25, -0.2) is 4.39 Å². The molecule has 0 spiro atoms. The van der Waals surface area contributed by atoms with E-state index < -0.39 is 17.2 Å². The molecular formula is C28H32FN5O4. The Kier molecular flexibility index (Phi) is 7.01. The first-order chi connectivity index (χ1) is 18.6. The van der Waals surface area contributed by atoms with E-state index in [2.05, 4.69) is 20.4 Å². The number of carbonyl (C=O) groups is 1. The second kappa shape index (κ2) is 10.7. The molecule has 2 N–H and O–H groups in total. The van der Waals surface area contributed by atoms with Crippen LogP contribution in [0.2, 0.25) is 0 Å². The van der Waals surface area contributed by atoms with Gasteiger partial charge in [0, 0.05) is 45.5 Å². The number of anilines is 1. The number of ether oxygens (including phenoxy) is 2. The van der Waals surface area contributed by atoms with Gasteiger partial charge in [-0.05, 0) is 44.1 Å². The Labute approximate surface area is 220 Å². The minimum Gasteiger partial charge on any atom is -0.451 e. The maximum absolute atomic E-state index is 15.5. The van der Waals surface area contributed by atoms with Crippen molar-refractivity contribution in [2.75, 3.05) is 70.9 Å². The molecule has 3 aliphatic rings. The highest BCUT2D eigenvalue weighted by molar-refractivity contribution is 6.01. The highest BCUT2D eigenvalue weighted by Crippen LogP contribution is 2.44. The number of morpholine rings is 1. The zero-order chi connectivity index (χ0) is 26.1. The van der Waals surface area contributed by atoms with Crippen LogP contribution >= 0.6 is 0 Å². The number of aromatic nitrogens is 1. The van der Waals surface area contributed by atoms with E-state index in [1.165, 1.54) is 18.9 Å². The van der Waals surface area contributed by atoms with Gasteiger partial charge in [0.2, 0.25) is 5.43 Å². The molecule has 3 aromatic rings. The molecule has 0 radical (unpaired) electrons. The first kappa shape index (κ1) is 24.8. The molecule has 6 rings (SSSR count). The third-order valence-corrected chi connectivity index (χ3v) is 7.52. The fourth-order valence-electron chi connectivity index (χ4n) is 5.49. The summed E-state index contributed by atoms with van der Waals surface area (Å²) in [4.78, 5) is 31.2. The van der Waals surface area contributed by atoms with Gasteiger partial charge in [0.15, 0.2) is 17.3 Å². The van der Waals surface area contributed by atoms with Gasteiger partial charge in [0.1, 0.15) is 16.8 Å². The lowest BCUT2D eigenvalue weighted by molar-refractivity contribution is 0.0383. The van der Waals surface area contributed by atoms with Crippen molar-refractivity contribution in [3.05, 3.63) is 58.1 Å². The second-order valence-electron chi connectivity index (χ2n) is 9.96. The average Bonchev–Trinajstić information content (AvgIpc) is 3.45. The Balaban J connectivity index is 1.34. The molecule has 200 valence electrons. The summed E-state index contributed by atoms with van der Waals surface area (Å²) in [7, 11) is 0. The Morgan fingerprint density at radius 2 is 1.74 bits per heavy atom. The van der Waals surface area contributed by atoms with Crippen molar-refractivity contribution in [2.45, 2.75) is 12.8 Å². The lowest BCUT2D eigenvalue weighted by Crippen LogP contribution is -2.42. The number of likely N-dealkylation sites (tertiary alicyclic amines) is 1.